The molecule has 1 aromatic carbocycles. The van der Waals surface area contributed by atoms with Crippen LogP contribution >= 0.6 is 11.8 Å². The molecule has 1 N–H and O–H groups in total. The van der Waals surface area contributed by atoms with Crippen molar-refractivity contribution < 1.29 is 4.79 Å². The Morgan fingerprint density at radius 1 is 1.38 bits per heavy atom. The minimum Gasteiger partial charge on any atom is -0.294 e. The monoisotopic (exact) mass is 302 g/mol. The highest BCUT2D eigenvalue weighted by Gasteiger charge is 2.22. The molecule has 0 aliphatic carbocycles. The first-order valence-electron chi connectivity index (χ1n) is 7.21. The Morgan fingerprint density at radius 3 is 2.95 bits per heavy atom. The fourth-order valence-electron chi connectivity index (χ4n) is 2.53. The van der Waals surface area contributed by atoms with E-state index in [2.05, 4.69) is 15.5 Å². The Kier molecular flexibility index (Phi) is 4.24. The van der Waals surface area contributed by atoms with Crippen molar-refractivity contribution in [3.8, 4) is 0 Å². The summed E-state index contributed by atoms with van der Waals surface area (Å²) in [5.74, 6) is 1.45. The fourth-order valence-corrected chi connectivity index (χ4v) is 3.42. The number of hydrogen-bond acceptors (Lipinski definition) is 4. The Labute approximate surface area is 128 Å². The third kappa shape index (κ3) is 2.95. The molecule has 2 heterocycles. The number of nitrogens with one attached hydrogen (secondary N) is 1. The fraction of sp³-hybridized carbons (Fsp3) is 0.400. The van der Waals surface area contributed by atoms with Crippen LogP contribution in [0.5, 0.6) is 0 Å². The van der Waals surface area contributed by atoms with Gasteiger partial charge in [0.15, 0.2) is 5.16 Å². The summed E-state index contributed by atoms with van der Waals surface area (Å²) < 4.78 is 1.99. The molecule has 1 aliphatic heterocycles. The number of hydrogen-bond donors (Lipinski definition) is 1. The summed E-state index contributed by atoms with van der Waals surface area (Å²) in [6.07, 6.45) is 1.83. The maximum absolute atomic E-state index is 12.5. The molecule has 0 radical (unpaired) electrons. The molecule has 1 atom stereocenters. The van der Waals surface area contributed by atoms with Gasteiger partial charge in [0.05, 0.1) is 5.92 Å². The van der Waals surface area contributed by atoms with Gasteiger partial charge in [0.2, 0.25) is 11.9 Å². The Balaban J connectivity index is 1.78. The molecule has 0 saturated carbocycles. The van der Waals surface area contributed by atoms with Gasteiger partial charge in [-0.15, -0.1) is 10.2 Å². The van der Waals surface area contributed by atoms with Crippen molar-refractivity contribution in [2.45, 2.75) is 37.4 Å². The standard InChI is InChI=1S/C15H18N4OS/c1-2-12(11-7-4-3-5-8-11)13(20)16-14-17-18-15-19(14)9-6-10-21-15/h3-5,7-8,12H,2,6,9-10H2,1H3,(H,16,17,20)/t12-/m0/s1. The first-order valence-corrected chi connectivity index (χ1v) is 8.20. The molecule has 3 rings (SSSR count). The van der Waals surface area contributed by atoms with E-state index in [-0.39, 0.29) is 11.8 Å². The van der Waals surface area contributed by atoms with E-state index in [9.17, 15) is 4.79 Å². The summed E-state index contributed by atoms with van der Waals surface area (Å²) in [5.41, 5.74) is 1.03. The van der Waals surface area contributed by atoms with Crippen LogP contribution in [0.2, 0.25) is 0 Å². The van der Waals surface area contributed by atoms with Gasteiger partial charge in [-0.25, -0.2) is 0 Å². The molecule has 1 aromatic heterocycles. The molecule has 110 valence electrons. The average Bonchev–Trinajstić information content (AvgIpc) is 2.92. The summed E-state index contributed by atoms with van der Waals surface area (Å²) >= 11 is 1.69. The van der Waals surface area contributed by atoms with E-state index in [4.69, 9.17) is 0 Å². The average molecular weight is 302 g/mol. The highest BCUT2D eigenvalue weighted by atomic mass is 32.2. The maximum atomic E-state index is 12.5. The number of benzene rings is 1. The summed E-state index contributed by atoms with van der Waals surface area (Å²) in [6.45, 7) is 2.89. The van der Waals surface area contributed by atoms with Gasteiger partial charge in [0.25, 0.3) is 0 Å². The zero-order valence-corrected chi connectivity index (χ0v) is 12.8. The van der Waals surface area contributed by atoms with Crippen LogP contribution in [-0.4, -0.2) is 26.4 Å². The van der Waals surface area contributed by atoms with E-state index in [1.54, 1.807) is 11.8 Å². The lowest BCUT2D eigenvalue weighted by molar-refractivity contribution is -0.117. The second-order valence-corrected chi connectivity index (χ2v) is 6.08. The van der Waals surface area contributed by atoms with Crippen molar-refractivity contribution in [2.75, 3.05) is 11.1 Å². The van der Waals surface area contributed by atoms with E-state index in [1.807, 2.05) is 41.8 Å². The van der Waals surface area contributed by atoms with E-state index in [0.717, 1.165) is 35.9 Å². The number of anilines is 1. The molecule has 2 aromatic rings. The van der Waals surface area contributed by atoms with Crippen LogP contribution in [0.25, 0.3) is 0 Å². The van der Waals surface area contributed by atoms with Gasteiger partial charge in [0.1, 0.15) is 0 Å². The summed E-state index contributed by atoms with van der Waals surface area (Å²) in [7, 11) is 0. The van der Waals surface area contributed by atoms with Crippen LogP contribution in [0, 0.1) is 0 Å². The number of amides is 1. The first kappa shape index (κ1) is 14.1. The third-order valence-electron chi connectivity index (χ3n) is 3.64. The highest BCUT2D eigenvalue weighted by Crippen LogP contribution is 2.27. The van der Waals surface area contributed by atoms with Gasteiger partial charge in [0, 0.05) is 12.3 Å². The Morgan fingerprint density at radius 2 is 2.19 bits per heavy atom. The molecule has 0 bridgehead atoms. The molecule has 1 aliphatic rings. The smallest absolute Gasteiger partial charge is 0.234 e. The van der Waals surface area contributed by atoms with Crippen molar-refractivity contribution in [3.05, 3.63) is 35.9 Å². The topological polar surface area (TPSA) is 59.8 Å². The molecule has 21 heavy (non-hydrogen) atoms. The number of thioether (sulfide) groups is 1. The molecular formula is C15H18N4OS. The molecule has 0 spiro atoms. The summed E-state index contributed by atoms with van der Waals surface area (Å²) in [4.78, 5) is 12.5. The lowest BCUT2D eigenvalue weighted by Gasteiger charge is -2.17. The Bertz CT molecular complexity index is 626. The predicted molar refractivity (Wildman–Crippen MR) is 83.5 cm³/mol. The molecule has 0 unspecified atom stereocenters. The van der Waals surface area contributed by atoms with Crippen LogP contribution in [0.1, 0.15) is 31.2 Å². The summed E-state index contributed by atoms with van der Waals surface area (Å²) in [5, 5.41) is 12.1. The third-order valence-corrected chi connectivity index (χ3v) is 4.69. The largest absolute Gasteiger partial charge is 0.294 e. The van der Waals surface area contributed by atoms with E-state index in [1.165, 1.54) is 0 Å². The molecule has 0 saturated heterocycles. The van der Waals surface area contributed by atoms with Gasteiger partial charge < -0.3 is 0 Å². The second kappa shape index (κ2) is 6.30. The van der Waals surface area contributed by atoms with Crippen LogP contribution < -0.4 is 5.32 Å². The van der Waals surface area contributed by atoms with Gasteiger partial charge in [-0.1, -0.05) is 49.0 Å². The first-order chi connectivity index (χ1) is 10.3. The van der Waals surface area contributed by atoms with Crippen molar-refractivity contribution in [3.63, 3.8) is 0 Å². The van der Waals surface area contributed by atoms with Gasteiger partial charge in [-0.3, -0.25) is 14.7 Å². The lowest BCUT2D eigenvalue weighted by Crippen LogP contribution is -2.23. The van der Waals surface area contributed by atoms with Crippen molar-refractivity contribution in [2.24, 2.45) is 0 Å². The van der Waals surface area contributed by atoms with Crippen molar-refractivity contribution >= 4 is 23.6 Å². The molecule has 5 nitrogen and oxygen atoms in total. The predicted octanol–water partition coefficient (Wildman–Crippen LogP) is 2.91. The molecule has 0 fully saturated rings. The van der Waals surface area contributed by atoms with Crippen LogP contribution in [0.3, 0.4) is 0 Å². The number of carbonyl (C=O) groups is 1. The van der Waals surface area contributed by atoms with Crippen LogP contribution in [0.4, 0.5) is 5.95 Å². The summed E-state index contributed by atoms with van der Waals surface area (Å²) in [6, 6.07) is 9.85. The number of aromatic nitrogens is 3. The maximum Gasteiger partial charge on any atom is 0.234 e. The minimum absolute atomic E-state index is 0.0190. The lowest BCUT2D eigenvalue weighted by atomic mass is 9.96. The quantitative estimate of drug-likeness (QED) is 0.943. The zero-order chi connectivity index (χ0) is 14.7. The number of rotatable bonds is 4. The van der Waals surface area contributed by atoms with E-state index < -0.39 is 0 Å². The SMILES string of the molecule is CC[C@H](C(=O)Nc1nnc2n1CCCS2)c1ccccc1. The van der Waals surface area contributed by atoms with Gasteiger partial charge in [-0.05, 0) is 18.4 Å². The van der Waals surface area contributed by atoms with E-state index >= 15 is 0 Å². The number of fused-ring (bicyclic) bond motifs is 1. The minimum atomic E-state index is -0.157. The van der Waals surface area contributed by atoms with Crippen LogP contribution in [0.15, 0.2) is 35.5 Å². The normalized spacial score (nSPS) is 15.3. The number of nitrogens with zero attached hydrogens (tertiary/aromatic N) is 3. The van der Waals surface area contributed by atoms with Crippen molar-refractivity contribution in [1.82, 2.24) is 14.8 Å². The Hall–Kier alpha value is -1.82. The van der Waals surface area contributed by atoms with Gasteiger partial charge in [-0.2, -0.15) is 0 Å². The van der Waals surface area contributed by atoms with Gasteiger partial charge >= 0.3 is 0 Å². The molecule has 6 heteroatoms. The van der Waals surface area contributed by atoms with E-state index in [0.29, 0.717) is 5.95 Å². The second-order valence-electron chi connectivity index (χ2n) is 5.02. The molecule has 1 amide bonds. The molecular weight excluding hydrogens is 284 g/mol. The van der Waals surface area contributed by atoms with Crippen LogP contribution in [-0.2, 0) is 11.3 Å². The number of carbonyl (C=O) groups excluding carboxylic acids is 1. The van der Waals surface area contributed by atoms with Crippen molar-refractivity contribution in [1.29, 1.82) is 0 Å². The zero-order valence-electron chi connectivity index (χ0n) is 12.0. The highest BCUT2D eigenvalue weighted by molar-refractivity contribution is 7.99.